The van der Waals surface area contributed by atoms with E-state index in [1.807, 2.05) is 30.3 Å². The Kier molecular flexibility index (Phi) is 6.02. The zero-order chi connectivity index (χ0) is 23.7. The molecule has 2 aliphatic rings. The highest BCUT2D eigenvalue weighted by atomic mass is 32.2. The van der Waals surface area contributed by atoms with Gasteiger partial charge in [0.15, 0.2) is 5.69 Å². The van der Waals surface area contributed by atoms with Gasteiger partial charge in [0.1, 0.15) is 11.5 Å². The van der Waals surface area contributed by atoms with Crippen LogP contribution >= 0.6 is 11.8 Å². The summed E-state index contributed by atoms with van der Waals surface area (Å²) in [6.07, 6.45) is 3.96. The van der Waals surface area contributed by atoms with Crippen LogP contribution in [0.1, 0.15) is 33.7 Å². The van der Waals surface area contributed by atoms with Crippen molar-refractivity contribution < 1.29 is 18.8 Å². The van der Waals surface area contributed by atoms with E-state index < -0.39 is 11.7 Å². The average Bonchev–Trinajstić information content (AvgIpc) is 3.51. The van der Waals surface area contributed by atoms with Gasteiger partial charge in [-0.05, 0) is 54.8 Å². The summed E-state index contributed by atoms with van der Waals surface area (Å²) >= 11 is 0.885. The minimum atomic E-state index is -0.408. The minimum Gasteiger partial charge on any atom is -0.349 e. The summed E-state index contributed by atoms with van der Waals surface area (Å²) in [6.45, 7) is 0.148. The molecule has 2 heterocycles. The third-order valence-electron chi connectivity index (χ3n) is 5.82. The number of nitrogens with one attached hydrogen (secondary N) is 1. The lowest BCUT2D eigenvalue weighted by Crippen LogP contribution is -2.37. The van der Waals surface area contributed by atoms with Crippen LogP contribution in [0.5, 0.6) is 0 Å². The van der Waals surface area contributed by atoms with Crippen molar-refractivity contribution in [1.82, 2.24) is 20.0 Å². The molecule has 1 N–H and O–H groups in total. The smallest absolute Gasteiger partial charge is 0.293 e. The van der Waals surface area contributed by atoms with Gasteiger partial charge in [-0.3, -0.25) is 19.3 Å². The number of rotatable bonds is 6. The van der Waals surface area contributed by atoms with E-state index in [0.717, 1.165) is 39.9 Å². The monoisotopic (exact) mass is 476 g/mol. The molecule has 3 amide bonds. The molecule has 1 aliphatic heterocycles. The Balaban J connectivity index is 1.26. The van der Waals surface area contributed by atoms with Crippen molar-refractivity contribution in [3.63, 3.8) is 0 Å². The molecule has 0 atom stereocenters. The number of halogens is 1. The molecule has 0 spiro atoms. The molecule has 172 valence electrons. The number of carbonyl (C=O) groups is 3. The first-order chi connectivity index (χ1) is 16.5. The van der Waals surface area contributed by atoms with Crippen LogP contribution in [-0.4, -0.2) is 44.8 Å². The normalized spacial score (nSPS) is 16.4. The van der Waals surface area contributed by atoms with Gasteiger partial charge in [-0.2, -0.15) is 5.10 Å². The van der Waals surface area contributed by atoms with E-state index in [1.165, 1.54) is 10.7 Å². The highest BCUT2D eigenvalue weighted by Crippen LogP contribution is 2.32. The van der Waals surface area contributed by atoms with Crippen LogP contribution in [-0.2, 0) is 17.6 Å². The average molecular weight is 477 g/mol. The van der Waals surface area contributed by atoms with Crippen LogP contribution in [0, 0.1) is 5.82 Å². The number of imide groups is 1. The number of nitrogens with zero attached hydrogens (tertiary/aromatic N) is 3. The van der Waals surface area contributed by atoms with E-state index in [9.17, 15) is 18.8 Å². The number of benzene rings is 2. The number of amides is 3. The van der Waals surface area contributed by atoms with Crippen molar-refractivity contribution >= 4 is 34.9 Å². The third-order valence-corrected chi connectivity index (χ3v) is 6.73. The number of fused-ring (bicyclic) bond motifs is 1. The lowest BCUT2D eigenvalue weighted by molar-refractivity contribution is -0.122. The fourth-order valence-electron chi connectivity index (χ4n) is 4.20. The van der Waals surface area contributed by atoms with Gasteiger partial charge in [0, 0.05) is 24.3 Å². The van der Waals surface area contributed by atoms with E-state index in [0.29, 0.717) is 23.4 Å². The summed E-state index contributed by atoms with van der Waals surface area (Å²) in [7, 11) is 0. The van der Waals surface area contributed by atoms with E-state index >= 15 is 0 Å². The van der Waals surface area contributed by atoms with Gasteiger partial charge in [0.25, 0.3) is 17.1 Å². The predicted molar refractivity (Wildman–Crippen MR) is 127 cm³/mol. The van der Waals surface area contributed by atoms with E-state index in [1.54, 1.807) is 24.3 Å². The maximum atomic E-state index is 14.3. The number of aromatic nitrogens is 2. The Bertz CT molecular complexity index is 1320. The molecule has 0 saturated carbocycles. The highest BCUT2D eigenvalue weighted by molar-refractivity contribution is 8.18. The summed E-state index contributed by atoms with van der Waals surface area (Å²) in [6, 6.07) is 15.6. The zero-order valence-corrected chi connectivity index (χ0v) is 19.0. The fourth-order valence-corrected chi connectivity index (χ4v) is 5.07. The molecule has 5 rings (SSSR count). The lowest BCUT2D eigenvalue weighted by Gasteiger charge is -2.12. The van der Waals surface area contributed by atoms with Crippen molar-refractivity contribution in [2.75, 3.05) is 13.1 Å². The van der Waals surface area contributed by atoms with Crippen LogP contribution in [0.25, 0.3) is 11.8 Å². The Morgan fingerprint density at radius 3 is 2.65 bits per heavy atom. The quantitative estimate of drug-likeness (QED) is 0.545. The first-order valence-corrected chi connectivity index (χ1v) is 11.8. The highest BCUT2D eigenvalue weighted by Gasteiger charge is 2.35. The number of para-hydroxylation sites is 1. The minimum absolute atomic E-state index is 0.0543. The molecule has 1 aromatic heterocycles. The zero-order valence-electron chi connectivity index (χ0n) is 18.2. The molecular formula is C25H21FN4O3S. The van der Waals surface area contributed by atoms with E-state index in [4.69, 9.17) is 0 Å². The molecule has 1 aliphatic carbocycles. The van der Waals surface area contributed by atoms with Crippen LogP contribution in [0.2, 0.25) is 0 Å². The lowest BCUT2D eigenvalue weighted by atomic mass is 10.2. The first-order valence-electron chi connectivity index (χ1n) is 11.0. The molecule has 1 fully saturated rings. The van der Waals surface area contributed by atoms with E-state index in [-0.39, 0.29) is 29.9 Å². The number of hydrogen-bond acceptors (Lipinski definition) is 5. The summed E-state index contributed by atoms with van der Waals surface area (Å²) in [5.41, 5.74) is 3.06. The molecule has 7 nitrogen and oxygen atoms in total. The molecule has 2 aromatic carbocycles. The van der Waals surface area contributed by atoms with Crippen LogP contribution < -0.4 is 5.32 Å². The summed E-state index contributed by atoms with van der Waals surface area (Å²) < 4.78 is 15.8. The second-order valence-electron chi connectivity index (χ2n) is 7.99. The SMILES string of the molecule is O=C(NCCN1C(=O)S/C(=C\c2ccccc2)C1=O)c1nn(-c2ccccc2F)c2c1CCC2. The third kappa shape index (κ3) is 4.14. The molecule has 0 unspecified atom stereocenters. The van der Waals surface area contributed by atoms with Crippen molar-refractivity contribution in [1.29, 1.82) is 0 Å². The van der Waals surface area contributed by atoms with Gasteiger partial charge in [0.2, 0.25) is 0 Å². The second-order valence-corrected chi connectivity index (χ2v) is 8.98. The summed E-state index contributed by atoms with van der Waals surface area (Å²) in [5, 5.41) is 6.79. The number of hydrogen-bond donors (Lipinski definition) is 1. The van der Waals surface area contributed by atoms with Crippen LogP contribution in [0.4, 0.5) is 9.18 Å². The maximum Gasteiger partial charge on any atom is 0.293 e. The number of thioether (sulfide) groups is 1. The Hall–Kier alpha value is -3.72. The topological polar surface area (TPSA) is 84.3 Å². The van der Waals surface area contributed by atoms with Crippen molar-refractivity contribution in [2.24, 2.45) is 0 Å². The standard InChI is InChI=1S/C25H21FN4O3S/c26-18-10-4-5-11-20(18)30-19-12-6-9-17(19)22(28-30)23(31)27-13-14-29-24(32)21(34-25(29)33)15-16-7-2-1-3-8-16/h1-5,7-8,10-11,15H,6,9,12-14H2,(H,27,31)/b21-15-. The predicted octanol–water partition coefficient (Wildman–Crippen LogP) is 3.97. The Morgan fingerprint density at radius 2 is 1.85 bits per heavy atom. The van der Waals surface area contributed by atoms with Crippen molar-refractivity contribution in [3.05, 3.63) is 87.8 Å². The summed E-state index contributed by atoms with van der Waals surface area (Å²) in [5.74, 6) is -1.19. The molecule has 3 aromatic rings. The van der Waals surface area contributed by atoms with Gasteiger partial charge in [-0.1, -0.05) is 42.5 Å². The first kappa shape index (κ1) is 22.1. The van der Waals surface area contributed by atoms with Crippen molar-refractivity contribution in [2.45, 2.75) is 19.3 Å². The van der Waals surface area contributed by atoms with E-state index in [2.05, 4.69) is 10.4 Å². The summed E-state index contributed by atoms with van der Waals surface area (Å²) in [4.78, 5) is 39.4. The molecule has 0 radical (unpaired) electrons. The largest absolute Gasteiger partial charge is 0.349 e. The van der Waals surface area contributed by atoms with Crippen LogP contribution in [0.3, 0.4) is 0 Å². The molecular weight excluding hydrogens is 455 g/mol. The van der Waals surface area contributed by atoms with Gasteiger partial charge in [-0.25, -0.2) is 9.07 Å². The fraction of sp³-hybridized carbons (Fsp3) is 0.200. The second kappa shape index (κ2) is 9.26. The molecule has 34 heavy (non-hydrogen) atoms. The van der Waals surface area contributed by atoms with Gasteiger partial charge in [-0.15, -0.1) is 0 Å². The van der Waals surface area contributed by atoms with Crippen molar-refractivity contribution in [3.8, 4) is 5.69 Å². The molecule has 1 saturated heterocycles. The van der Waals surface area contributed by atoms with Gasteiger partial charge in [0.05, 0.1) is 4.91 Å². The number of carbonyl (C=O) groups excluding carboxylic acids is 3. The van der Waals surface area contributed by atoms with Crippen LogP contribution in [0.15, 0.2) is 59.5 Å². The Labute approximate surface area is 199 Å². The van der Waals surface area contributed by atoms with Gasteiger partial charge >= 0.3 is 0 Å². The molecule has 0 bridgehead atoms. The maximum absolute atomic E-state index is 14.3. The Morgan fingerprint density at radius 1 is 1.09 bits per heavy atom. The van der Waals surface area contributed by atoms with Gasteiger partial charge < -0.3 is 5.32 Å². The molecule has 9 heteroatoms.